The second-order valence-electron chi connectivity index (χ2n) is 5.31. The monoisotopic (exact) mass is 333 g/mol. The second kappa shape index (κ2) is 7.13. The van der Waals surface area contributed by atoms with Crippen molar-refractivity contribution in [1.82, 2.24) is 14.5 Å². The molecule has 0 unspecified atom stereocenters. The van der Waals surface area contributed by atoms with E-state index >= 15 is 0 Å². The maximum atomic E-state index is 12.6. The standard InChI is InChI=1S/C13H23N3O3S2/c1-10-13(11(2)16(14-10)6-3-7-17)21(18,19)15-12-4-8-20-9-5-12/h12,15,17H,3-9H2,1-2H3. The van der Waals surface area contributed by atoms with E-state index in [1.807, 2.05) is 11.8 Å². The van der Waals surface area contributed by atoms with Gasteiger partial charge in [0.05, 0.1) is 11.4 Å². The van der Waals surface area contributed by atoms with Gasteiger partial charge in [0.15, 0.2) is 0 Å². The number of aliphatic hydroxyl groups excluding tert-OH is 1. The van der Waals surface area contributed by atoms with E-state index in [0.29, 0.717) is 29.2 Å². The fourth-order valence-electron chi connectivity index (χ4n) is 2.60. The molecule has 1 aromatic rings. The minimum Gasteiger partial charge on any atom is -0.396 e. The lowest BCUT2D eigenvalue weighted by Gasteiger charge is -2.22. The van der Waals surface area contributed by atoms with Gasteiger partial charge in [0.2, 0.25) is 10.0 Å². The average molecular weight is 333 g/mol. The normalized spacial score (nSPS) is 17.3. The molecule has 120 valence electrons. The first-order chi connectivity index (χ1) is 9.95. The van der Waals surface area contributed by atoms with Crippen molar-refractivity contribution < 1.29 is 13.5 Å². The lowest BCUT2D eigenvalue weighted by molar-refractivity contribution is 0.276. The van der Waals surface area contributed by atoms with Crippen LogP contribution in [-0.4, -0.2) is 47.5 Å². The molecular weight excluding hydrogens is 310 g/mol. The summed E-state index contributed by atoms with van der Waals surface area (Å²) in [6.07, 6.45) is 2.32. The third-order valence-corrected chi connectivity index (χ3v) is 6.48. The maximum Gasteiger partial charge on any atom is 0.244 e. The van der Waals surface area contributed by atoms with E-state index in [1.165, 1.54) is 0 Å². The fourth-order valence-corrected chi connectivity index (χ4v) is 5.42. The van der Waals surface area contributed by atoms with Gasteiger partial charge in [-0.3, -0.25) is 4.68 Å². The highest BCUT2D eigenvalue weighted by molar-refractivity contribution is 7.99. The van der Waals surface area contributed by atoms with Gasteiger partial charge >= 0.3 is 0 Å². The molecule has 1 aliphatic rings. The molecule has 0 aliphatic carbocycles. The third kappa shape index (κ3) is 4.00. The van der Waals surface area contributed by atoms with Crippen LogP contribution in [0, 0.1) is 13.8 Å². The van der Waals surface area contributed by atoms with Gasteiger partial charge in [-0.1, -0.05) is 0 Å². The number of sulfonamides is 1. The second-order valence-corrected chi connectivity index (χ2v) is 8.18. The molecule has 21 heavy (non-hydrogen) atoms. The molecule has 8 heteroatoms. The number of thioether (sulfide) groups is 1. The first-order valence-corrected chi connectivity index (χ1v) is 9.84. The number of hydrogen-bond acceptors (Lipinski definition) is 5. The van der Waals surface area contributed by atoms with Gasteiger partial charge in [-0.2, -0.15) is 16.9 Å². The van der Waals surface area contributed by atoms with Crippen LogP contribution in [0.3, 0.4) is 0 Å². The summed E-state index contributed by atoms with van der Waals surface area (Å²) < 4.78 is 29.7. The highest BCUT2D eigenvalue weighted by atomic mass is 32.2. The Morgan fingerprint density at radius 3 is 2.67 bits per heavy atom. The molecule has 0 saturated carbocycles. The highest BCUT2D eigenvalue weighted by Crippen LogP contribution is 2.23. The minimum atomic E-state index is -3.53. The van der Waals surface area contributed by atoms with E-state index in [1.54, 1.807) is 18.5 Å². The Morgan fingerprint density at radius 1 is 1.38 bits per heavy atom. The van der Waals surface area contributed by atoms with Crippen LogP contribution in [0.4, 0.5) is 0 Å². The highest BCUT2D eigenvalue weighted by Gasteiger charge is 2.27. The molecule has 0 amide bonds. The van der Waals surface area contributed by atoms with E-state index in [2.05, 4.69) is 9.82 Å². The van der Waals surface area contributed by atoms with E-state index in [4.69, 9.17) is 5.11 Å². The minimum absolute atomic E-state index is 0.0239. The lowest BCUT2D eigenvalue weighted by atomic mass is 10.2. The largest absolute Gasteiger partial charge is 0.396 e. The summed E-state index contributed by atoms with van der Waals surface area (Å²) in [6, 6.07) is 0.0239. The molecule has 0 atom stereocenters. The zero-order valence-electron chi connectivity index (χ0n) is 12.5. The van der Waals surface area contributed by atoms with Gasteiger partial charge in [-0.05, 0) is 44.6 Å². The molecule has 0 aromatic carbocycles. The Bertz CT molecular complexity index is 578. The molecule has 1 saturated heterocycles. The number of aryl methyl sites for hydroxylation is 2. The van der Waals surface area contributed by atoms with Crippen LogP contribution in [0.1, 0.15) is 30.7 Å². The Balaban J connectivity index is 2.20. The van der Waals surface area contributed by atoms with Gasteiger partial charge in [0.1, 0.15) is 4.90 Å². The van der Waals surface area contributed by atoms with Gasteiger partial charge in [0.25, 0.3) is 0 Å². The van der Waals surface area contributed by atoms with Crippen LogP contribution in [0.25, 0.3) is 0 Å². The van der Waals surface area contributed by atoms with Crippen molar-refractivity contribution in [3.8, 4) is 0 Å². The summed E-state index contributed by atoms with van der Waals surface area (Å²) in [6.45, 7) is 4.08. The average Bonchev–Trinajstić information content (AvgIpc) is 2.72. The first kappa shape index (κ1) is 16.8. The number of nitrogens with one attached hydrogen (secondary N) is 1. The Hall–Kier alpha value is -0.570. The fraction of sp³-hybridized carbons (Fsp3) is 0.769. The van der Waals surface area contributed by atoms with Gasteiger partial charge in [-0.25, -0.2) is 13.1 Å². The van der Waals surface area contributed by atoms with Crippen molar-refractivity contribution in [3.05, 3.63) is 11.4 Å². The number of aromatic nitrogens is 2. The van der Waals surface area contributed by atoms with E-state index in [-0.39, 0.29) is 12.6 Å². The quantitative estimate of drug-likeness (QED) is 0.813. The molecule has 1 aliphatic heterocycles. The van der Waals surface area contributed by atoms with Crippen molar-refractivity contribution in [1.29, 1.82) is 0 Å². The Labute approximate surface area is 130 Å². The van der Waals surface area contributed by atoms with Crippen molar-refractivity contribution >= 4 is 21.8 Å². The maximum absolute atomic E-state index is 12.6. The van der Waals surface area contributed by atoms with E-state index in [9.17, 15) is 8.42 Å². The molecule has 0 spiro atoms. The van der Waals surface area contributed by atoms with E-state index in [0.717, 1.165) is 24.3 Å². The SMILES string of the molecule is Cc1nn(CCCO)c(C)c1S(=O)(=O)NC1CCSCC1. The zero-order valence-corrected chi connectivity index (χ0v) is 14.1. The van der Waals surface area contributed by atoms with Gasteiger partial charge in [0, 0.05) is 19.2 Å². The number of rotatable bonds is 6. The molecule has 1 aromatic heterocycles. The molecule has 1 fully saturated rings. The van der Waals surface area contributed by atoms with Crippen LogP contribution in [0.2, 0.25) is 0 Å². The molecule has 2 rings (SSSR count). The van der Waals surface area contributed by atoms with Gasteiger partial charge < -0.3 is 5.11 Å². The van der Waals surface area contributed by atoms with Crippen LogP contribution < -0.4 is 4.72 Å². The number of nitrogens with zero attached hydrogens (tertiary/aromatic N) is 2. The summed E-state index contributed by atoms with van der Waals surface area (Å²) in [7, 11) is -3.53. The molecule has 0 bridgehead atoms. The van der Waals surface area contributed by atoms with Crippen molar-refractivity contribution in [3.63, 3.8) is 0 Å². The summed E-state index contributed by atoms with van der Waals surface area (Å²) in [5.41, 5.74) is 1.15. The third-order valence-electron chi connectivity index (χ3n) is 3.65. The van der Waals surface area contributed by atoms with Crippen molar-refractivity contribution in [2.75, 3.05) is 18.1 Å². The predicted molar refractivity (Wildman–Crippen MR) is 84.1 cm³/mol. The predicted octanol–water partition coefficient (Wildman–Crippen LogP) is 1.06. The lowest BCUT2D eigenvalue weighted by Crippen LogP contribution is -2.37. The van der Waals surface area contributed by atoms with Crippen molar-refractivity contribution in [2.45, 2.75) is 50.6 Å². The molecule has 2 N–H and O–H groups in total. The molecule has 0 radical (unpaired) electrons. The zero-order chi connectivity index (χ0) is 15.5. The molecule has 2 heterocycles. The van der Waals surface area contributed by atoms with Crippen LogP contribution in [-0.2, 0) is 16.6 Å². The van der Waals surface area contributed by atoms with Crippen LogP contribution in [0.5, 0.6) is 0 Å². The molecule has 6 nitrogen and oxygen atoms in total. The van der Waals surface area contributed by atoms with Gasteiger partial charge in [-0.15, -0.1) is 0 Å². The van der Waals surface area contributed by atoms with E-state index < -0.39 is 10.0 Å². The Morgan fingerprint density at radius 2 is 2.05 bits per heavy atom. The van der Waals surface area contributed by atoms with Crippen LogP contribution >= 0.6 is 11.8 Å². The Kier molecular flexibility index (Phi) is 5.70. The summed E-state index contributed by atoms with van der Waals surface area (Å²) >= 11 is 1.87. The number of hydrogen-bond donors (Lipinski definition) is 2. The molecular formula is C13H23N3O3S2. The first-order valence-electron chi connectivity index (χ1n) is 7.20. The topological polar surface area (TPSA) is 84.2 Å². The van der Waals surface area contributed by atoms with Crippen LogP contribution in [0.15, 0.2) is 4.90 Å². The summed E-state index contributed by atoms with van der Waals surface area (Å²) in [5, 5.41) is 13.2. The summed E-state index contributed by atoms with van der Waals surface area (Å²) in [5.74, 6) is 2.00. The van der Waals surface area contributed by atoms with Crippen molar-refractivity contribution in [2.24, 2.45) is 0 Å². The number of aliphatic hydroxyl groups is 1. The smallest absolute Gasteiger partial charge is 0.244 e. The summed E-state index contributed by atoms with van der Waals surface area (Å²) in [4.78, 5) is 0.290.